The standard InChI is InChI=1S/C23H21N5S2.2ClH/c1-3-7-20-15(5-1)10-25-22(27-20)29-13-18-14-30-23-26-17(12-28(18)23)9-16-11-24-21-8-4-2-6-19(16)21;;/h1-8,11,14,17,24H,9-10,12-13H2,(H,25,27);2*1H. The molecule has 5 nitrogen and oxygen atoms in total. The Kier molecular flexibility index (Phi) is 7.10. The van der Waals surface area contributed by atoms with Crippen LogP contribution in [-0.2, 0) is 13.0 Å². The van der Waals surface area contributed by atoms with Crippen molar-refractivity contribution in [3.05, 3.63) is 77.0 Å². The Labute approximate surface area is 208 Å². The van der Waals surface area contributed by atoms with Crippen LogP contribution < -0.4 is 5.32 Å². The molecule has 0 aliphatic carbocycles. The zero-order chi connectivity index (χ0) is 19.9. The molecule has 1 atom stereocenters. The Balaban J connectivity index is 0.00000122. The highest BCUT2D eigenvalue weighted by Crippen LogP contribution is 2.35. The van der Waals surface area contributed by atoms with Crippen LogP contribution in [0, 0.1) is 0 Å². The van der Waals surface area contributed by atoms with E-state index >= 15 is 0 Å². The van der Waals surface area contributed by atoms with Gasteiger partial charge in [-0.25, -0.2) is 0 Å². The molecule has 4 heterocycles. The van der Waals surface area contributed by atoms with Gasteiger partial charge >= 0.3 is 0 Å². The molecule has 3 aliphatic rings. The van der Waals surface area contributed by atoms with E-state index < -0.39 is 0 Å². The summed E-state index contributed by atoms with van der Waals surface area (Å²) in [7, 11) is 0. The first-order chi connectivity index (χ1) is 14.8. The lowest BCUT2D eigenvalue weighted by molar-refractivity contribution is 0.513. The van der Waals surface area contributed by atoms with Gasteiger partial charge < -0.3 is 15.2 Å². The molecular formula is C23H23Cl2N5S2. The van der Waals surface area contributed by atoms with E-state index in [1.165, 1.54) is 33.4 Å². The van der Waals surface area contributed by atoms with Crippen LogP contribution in [0.2, 0.25) is 0 Å². The van der Waals surface area contributed by atoms with E-state index in [4.69, 9.17) is 9.98 Å². The minimum atomic E-state index is 0. The van der Waals surface area contributed by atoms with Crippen molar-refractivity contribution in [3.8, 4) is 0 Å². The summed E-state index contributed by atoms with van der Waals surface area (Å²) in [6.07, 6.45) is 3.11. The molecule has 9 heteroatoms. The number of H-pyrrole nitrogens is 1. The third-order valence-corrected chi connectivity index (χ3v) is 7.57. The number of aliphatic imine (C=N–C) groups is 2. The van der Waals surface area contributed by atoms with Crippen LogP contribution in [0.15, 0.2) is 75.8 Å². The number of nitrogens with zero attached hydrogens (tertiary/aromatic N) is 3. The number of aromatic nitrogens is 1. The number of halogens is 2. The number of amidine groups is 2. The highest BCUT2D eigenvalue weighted by Gasteiger charge is 2.32. The maximum atomic E-state index is 4.99. The second kappa shape index (κ2) is 9.83. The zero-order valence-electron chi connectivity index (χ0n) is 17.2. The molecule has 166 valence electrons. The van der Waals surface area contributed by atoms with Crippen molar-refractivity contribution < 1.29 is 0 Å². The number of para-hydroxylation sites is 2. The fourth-order valence-electron chi connectivity index (χ4n) is 4.17. The number of fused-ring (bicyclic) bond motifs is 3. The number of hydrogen-bond acceptors (Lipinski definition) is 6. The quantitative estimate of drug-likeness (QED) is 0.465. The first-order valence-electron chi connectivity index (χ1n) is 10.1. The summed E-state index contributed by atoms with van der Waals surface area (Å²) in [5.41, 5.74) is 6.31. The van der Waals surface area contributed by atoms with Crippen molar-refractivity contribution in [1.29, 1.82) is 0 Å². The van der Waals surface area contributed by atoms with E-state index in [0.29, 0.717) is 6.04 Å². The molecule has 1 unspecified atom stereocenters. The zero-order valence-corrected chi connectivity index (χ0v) is 20.4. The molecule has 2 aromatic carbocycles. The Hall–Kier alpha value is -2.06. The summed E-state index contributed by atoms with van der Waals surface area (Å²) in [5, 5.41) is 9.15. The van der Waals surface area contributed by atoms with Gasteiger partial charge in [0.2, 0.25) is 0 Å². The lowest BCUT2D eigenvalue weighted by Gasteiger charge is -2.20. The van der Waals surface area contributed by atoms with E-state index in [-0.39, 0.29) is 24.8 Å². The number of rotatable bonds is 4. The molecule has 1 aromatic heterocycles. The van der Waals surface area contributed by atoms with Crippen LogP contribution in [0.3, 0.4) is 0 Å². The fourth-order valence-corrected chi connectivity index (χ4v) is 6.11. The van der Waals surface area contributed by atoms with Crippen LogP contribution in [0.5, 0.6) is 0 Å². The molecule has 0 spiro atoms. The third kappa shape index (κ3) is 4.39. The molecule has 3 aliphatic heterocycles. The predicted molar refractivity (Wildman–Crippen MR) is 144 cm³/mol. The fraction of sp³-hybridized carbons (Fsp3) is 0.217. The van der Waals surface area contributed by atoms with E-state index in [9.17, 15) is 0 Å². The van der Waals surface area contributed by atoms with Crippen molar-refractivity contribution in [2.45, 2.75) is 19.0 Å². The van der Waals surface area contributed by atoms with Gasteiger partial charge in [-0.3, -0.25) is 9.98 Å². The van der Waals surface area contributed by atoms with Gasteiger partial charge in [-0.1, -0.05) is 59.9 Å². The lowest BCUT2D eigenvalue weighted by Crippen LogP contribution is -2.26. The van der Waals surface area contributed by atoms with Crippen molar-refractivity contribution >= 4 is 75.3 Å². The molecule has 32 heavy (non-hydrogen) atoms. The van der Waals surface area contributed by atoms with Gasteiger partial charge in [0.15, 0.2) is 10.3 Å². The minimum absolute atomic E-state index is 0. The summed E-state index contributed by atoms with van der Waals surface area (Å²) in [4.78, 5) is 15.5. The first kappa shape index (κ1) is 23.1. The Morgan fingerprint density at radius 1 is 1.09 bits per heavy atom. The number of hydrogen-bond donors (Lipinski definition) is 2. The SMILES string of the molecule is C1=C(CSC2=NCc3ccccc3N2)N2CC(Cc3c[nH]c4ccccc34)N=C2S1.Cl.Cl. The Morgan fingerprint density at radius 2 is 1.94 bits per heavy atom. The van der Waals surface area contributed by atoms with Crippen molar-refractivity contribution in [3.63, 3.8) is 0 Å². The van der Waals surface area contributed by atoms with Crippen molar-refractivity contribution in [1.82, 2.24) is 9.88 Å². The Bertz CT molecular complexity index is 1220. The van der Waals surface area contributed by atoms with Crippen molar-refractivity contribution in [2.24, 2.45) is 9.98 Å². The third-order valence-electron chi connectivity index (χ3n) is 5.70. The smallest absolute Gasteiger partial charge is 0.168 e. The van der Waals surface area contributed by atoms with Gasteiger partial charge in [-0.15, -0.1) is 24.8 Å². The maximum Gasteiger partial charge on any atom is 0.168 e. The number of aromatic amines is 1. The minimum Gasteiger partial charge on any atom is -0.361 e. The van der Waals surface area contributed by atoms with E-state index in [2.05, 4.69) is 75.3 Å². The van der Waals surface area contributed by atoms with E-state index in [0.717, 1.165) is 35.6 Å². The van der Waals surface area contributed by atoms with Gasteiger partial charge in [0.1, 0.15) is 0 Å². The predicted octanol–water partition coefficient (Wildman–Crippen LogP) is 5.90. The van der Waals surface area contributed by atoms with Gasteiger partial charge in [-0.05, 0) is 35.1 Å². The largest absolute Gasteiger partial charge is 0.361 e. The summed E-state index contributed by atoms with van der Waals surface area (Å²) in [5.74, 6) is 0.903. The molecule has 0 saturated carbocycles. The topological polar surface area (TPSA) is 55.8 Å². The second-order valence-corrected chi connectivity index (χ2v) is 9.46. The monoisotopic (exact) mass is 503 g/mol. The molecule has 0 saturated heterocycles. The molecule has 0 fully saturated rings. The van der Waals surface area contributed by atoms with Crippen LogP contribution >= 0.6 is 48.3 Å². The first-order valence-corrected chi connectivity index (χ1v) is 12.0. The molecule has 0 amide bonds. The molecule has 3 aromatic rings. The van der Waals surface area contributed by atoms with Crippen LogP contribution in [0.25, 0.3) is 10.9 Å². The number of anilines is 1. The molecule has 0 bridgehead atoms. The average molecular weight is 505 g/mol. The Morgan fingerprint density at radius 3 is 2.88 bits per heavy atom. The molecule has 2 N–H and O–H groups in total. The van der Waals surface area contributed by atoms with Crippen LogP contribution in [-0.4, -0.2) is 38.6 Å². The van der Waals surface area contributed by atoms with Crippen LogP contribution in [0.1, 0.15) is 11.1 Å². The highest BCUT2D eigenvalue weighted by molar-refractivity contribution is 8.17. The number of thioether (sulfide) groups is 2. The summed E-state index contributed by atoms with van der Waals surface area (Å²) >= 11 is 3.52. The highest BCUT2D eigenvalue weighted by atomic mass is 35.5. The van der Waals surface area contributed by atoms with Gasteiger partial charge in [0.05, 0.1) is 12.6 Å². The summed E-state index contributed by atoms with van der Waals surface area (Å²) in [6.45, 7) is 1.71. The molecule has 0 radical (unpaired) electrons. The van der Waals surface area contributed by atoms with E-state index in [1.54, 1.807) is 23.5 Å². The van der Waals surface area contributed by atoms with Gasteiger partial charge in [0.25, 0.3) is 0 Å². The summed E-state index contributed by atoms with van der Waals surface area (Å²) < 4.78 is 0. The van der Waals surface area contributed by atoms with Gasteiger partial charge in [-0.2, -0.15) is 0 Å². The second-order valence-electron chi connectivity index (χ2n) is 7.66. The molecular weight excluding hydrogens is 481 g/mol. The lowest BCUT2D eigenvalue weighted by atomic mass is 10.1. The van der Waals surface area contributed by atoms with Crippen LogP contribution in [0.4, 0.5) is 5.69 Å². The van der Waals surface area contributed by atoms with Gasteiger partial charge in [0, 0.05) is 40.8 Å². The van der Waals surface area contributed by atoms with E-state index in [1.807, 2.05) is 0 Å². The summed E-state index contributed by atoms with van der Waals surface area (Å²) in [6, 6.07) is 17.2. The number of benzene rings is 2. The maximum absolute atomic E-state index is 4.99. The molecule has 6 rings (SSSR count). The normalized spacial score (nSPS) is 18.6. The van der Waals surface area contributed by atoms with Crippen molar-refractivity contribution in [2.75, 3.05) is 17.6 Å². The average Bonchev–Trinajstić information content (AvgIpc) is 3.48. The number of nitrogens with one attached hydrogen (secondary N) is 2.